The summed E-state index contributed by atoms with van der Waals surface area (Å²) in [6.45, 7) is 0. The van der Waals surface area contributed by atoms with Crippen molar-refractivity contribution < 1.29 is 14.7 Å². The van der Waals surface area contributed by atoms with E-state index in [1.165, 1.54) is 0 Å². The Morgan fingerprint density at radius 3 is 2.00 bits per heavy atom. The van der Waals surface area contributed by atoms with Crippen LogP contribution in [0.15, 0.2) is 0 Å². The summed E-state index contributed by atoms with van der Waals surface area (Å²) in [5.74, 6) is -1.33. The molecule has 46 valence electrons. The molecule has 0 saturated carbocycles. The molecule has 8 heavy (non-hydrogen) atoms. The van der Waals surface area contributed by atoms with Crippen LogP contribution in [0.25, 0.3) is 0 Å². The molecule has 0 aromatic carbocycles. The number of hydrogen-bond donors (Lipinski definition) is 2. The van der Waals surface area contributed by atoms with Crippen molar-refractivity contribution in [3.8, 4) is 0 Å². The second-order valence-corrected chi connectivity index (χ2v) is 1.93. The Hall–Kier alpha value is -0.220. The third-order valence-corrected chi connectivity index (χ3v) is 1.27. The molecule has 0 rings (SSSR count). The minimum atomic E-state index is -1.39. The molecule has 5 heteroatoms. The first-order valence-corrected chi connectivity index (χ1v) is 2.55. The molecule has 1 atom stereocenters. The minimum Gasteiger partial charge on any atom is -0.480 e. The predicted octanol–water partition coefficient (Wildman–Crippen LogP) is 0.135. The molecule has 0 aliphatic rings. The minimum absolute atomic E-state index is 0.971. The Balaban J connectivity index is 3.83. The maximum absolute atomic E-state index is 9.89. The van der Waals surface area contributed by atoms with Crippen LogP contribution in [0.3, 0.4) is 0 Å². The van der Waals surface area contributed by atoms with Gasteiger partial charge in [0.15, 0.2) is 5.25 Å². The maximum Gasteiger partial charge on any atom is 0.325 e. The second kappa shape index (κ2) is 2.94. The third kappa shape index (κ3) is 2.18. The number of aliphatic carboxylic acids is 1. The van der Waals surface area contributed by atoms with Crippen LogP contribution in [0.1, 0.15) is 0 Å². The number of carbonyl (C=O) groups excluding carboxylic acids is 1. The standard InChI is InChI=1S/C3H3ClO3S/c4-2(5)1(8)3(6)7/h1,8H,(H,6,7). The van der Waals surface area contributed by atoms with Crippen molar-refractivity contribution in [1.82, 2.24) is 0 Å². The van der Waals surface area contributed by atoms with Gasteiger partial charge in [0.2, 0.25) is 5.24 Å². The molecule has 0 saturated heterocycles. The lowest BCUT2D eigenvalue weighted by Crippen LogP contribution is -2.19. The van der Waals surface area contributed by atoms with Crippen LogP contribution in [0.2, 0.25) is 0 Å². The fraction of sp³-hybridized carbons (Fsp3) is 0.333. The smallest absolute Gasteiger partial charge is 0.325 e. The lowest BCUT2D eigenvalue weighted by atomic mass is 10.5. The maximum atomic E-state index is 9.89. The largest absolute Gasteiger partial charge is 0.480 e. The molecule has 1 unspecified atom stereocenters. The van der Waals surface area contributed by atoms with Crippen LogP contribution in [-0.2, 0) is 9.59 Å². The molecular weight excluding hydrogens is 152 g/mol. The highest BCUT2D eigenvalue weighted by atomic mass is 35.5. The molecular formula is C3H3ClO3S. The predicted molar refractivity (Wildman–Crippen MR) is 31.3 cm³/mol. The Morgan fingerprint density at radius 1 is 1.62 bits per heavy atom. The van der Waals surface area contributed by atoms with Gasteiger partial charge in [0, 0.05) is 0 Å². The van der Waals surface area contributed by atoms with Crippen LogP contribution >= 0.6 is 24.2 Å². The first-order chi connectivity index (χ1) is 3.55. The van der Waals surface area contributed by atoms with Crippen LogP contribution in [0.4, 0.5) is 0 Å². The van der Waals surface area contributed by atoms with Gasteiger partial charge in [-0.3, -0.25) is 9.59 Å². The van der Waals surface area contributed by atoms with Crippen molar-refractivity contribution in [2.45, 2.75) is 5.25 Å². The number of carbonyl (C=O) groups is 2. The van der Waals surface area contributed by atoms with Crippen LogP contribution in [0, 0.1) is 0 Å². The van der Waals surface area contributed by atoms with E-state index in [9.17, 15) is 9.59 Å². The summed E-state index contributed by atoms with van der Waals surface area (Å²) < 4.78 is 0. The van der Waals surface area contributed by atoms with Crippen molar-refractivity contribution in [2.75, 3.05) is 0 Å². The van der Waals surface area contributed by atoms with Gasteiger partial charge >= 0.3 is 5.97 Å². The molecule has 1 N–H and O–H groups in total. The van der Waals surface area contributed by atoms with E-state index in [0.717, 1.165) is 0 Å². The Morgan fingerprint density at radius 2 is 2.00 bits per heavy atom. The fourth-order valence-corrected chi connectivity index (χ4v) is 0.190. The molecule has 0 heterocycles. The molecule has 0 aromatic heterocycles. The van der Waals surface area contributed by atoms with Crippen molar-refractivity contribution in [1.29, 1.82) is 0 Å². The number of carboxylic acid groups (broad SMARTS) is 1. The van der Waals surface area contributed by atoms with Gasteiger partial charge in [0.05, 0.1) is 0 Å². The van der Waals surface area contributed by atoms with Crippen molar-refractivity contribution in [3.63, 3.8) is 0 Å². The zero-order chi connectivity index (χ0) is 6.73. The van der Waals surface area contributed by atoms with Gasteiger partial charge in [-0.25, -0.2) is 0 Å². The molecule has 0 amide bonds. The molecule has 0 spiro atoms. The van der Waals surface area contributed by atoms with Crippen LogP contribution in [0.5, 0.6) is 0 Å². The molecule has 3 nitrogen and oxygen atoms in total. The number of thiol groups is 1. The molecule has 0 bridgehead atoms. The van der Waals surface area contributed by atoms with E-state index in [-0.39, 0.29) is 0 Å². The van der Waals surface area contributed by atoms with E-state index in [1.54, 1.807) is 0 Å². The monoisotopic (exact) mass is 154 g/mol. The van der Waals surface area contributed by atoms with Gasteiger partial charge < -0.3 is 5.11 Å². The average Bonchev–Trinajstić information content (AvgIpc) is 1.64. The number of rotatable bonds is 2. The summed E-state index contributed by atoms with van der Waals surface area (Å²) >= 11 is 8.07. The van der Waals surface area contributed by atoms with Crippen molar-refractivity contribution in [3.05, 3.63) is 0 Å². The highest BCUT2D eigenvalue weighted by molar-refractivity contribution is 7.83. The summed E-state index contributed by atoms with van der Waals surface area (Å²) in [5, 5.41) is 5.61. The first kappa shape index (κ1) is 7.78. The Kier molecular flexibility index (Phi) is 2.86. The van der Waals surface area contributed by atoms with E-state index >= 15 is 0 Å². The summed E-state index contributed by atoms with van der Waals surface area (Å²) in [5.41, 5.74) is 0. The van der Waals surface area contributed by atoms with E-state index in [2.05, 4.69) is 12.6 Å². The highest BCUT2D eigenvalue weighted by Crippen LogP contribution is 1.98. The molecule has 0 fully saturated rings. The third-order valence-electron chi connectivity index (χ3n) is 0.449. The van der Waals surface area contributed by atoms with Crippen molar-refractivity contribution in [2.24, 2.45) is 0 Å². The molecule has 0 radical (unpaired) electrons. The second-order valence-electron chi connectivity index (χ2n) is 1.04. The SMILES string of the molecule is O=C(O)C(S)C(=O)Cl. The summed E-state index contributed by atoms with van der Waals surface area (Å²) in [4.78, 5) is 19.7. The van der Waals surface area contributed by atoms with Gasteiger partial charge in [-0.1, -0.05) is 0 Å². The van der Waals surface area contributed by atoms with E-state index in [4.69, 9.17) is 16.7 Å². The highest BCUT2D eigenvalue weighted by Gasteiger charge is 2.18. The van der Waals surface area contributed by atoms with E-state index in [0.29, 0.717) is 0 Å². The summed E-state index contributed by atoms with van der Waals surface area (Å²) in [6, 6.07) is 0. The summed E-state index contributed by atoms with van der Waals surface area (Å²) in [6.07, 6.45) is 0. The zero-order valence-corrected chi connectivity index (χ0v) is 5.32. The van der Waals surface area contributed by atoms with E-state index < -0.39 is 16.5 Å². The number of hydrogen-bond acceptors (Lipinski definition) is 3. The normalized spacial score (nSPS) is 12.8. The van der Waals surface area contributed by atoms with Crippen LogP contribution in [-0.4, -0.2) is 21.6 Å². The van der Waals surface area contributed by atoms with Gasteiger partial charge in [0.25, 0.3) is 0 Å². The fourth-order valence-electron chi connectivity index (χ4n) is 0.0971. The first-order valence-electron chi connectivity index (χ1n) is 1.66. The van der Waals surface area contributed by atoms with Gasteiger partial charge in [-0.05, 0) is 11.6 Å². The average molecular weight is 155 g/mol. The van der Waals surface area contributed by atoms with Gasteiger partial charge in [-0.15, -0.1) is 0 Å². The summed E-state index contributed by atoms with van der Waals surface area (Å²) in [7, 11) is 0. The van der Waals surface area contributed by atoms with Gasteiger partial charge in [0.1, 0.15) is 0 Å². The lowest BCUT2D eigenvalue weighted by molar-refractivity contribution is -0.137. The lowest BCUT2D eigenvalue weighted by Gasteiger charge is -1.93. The topological polar surface area (TPSA) is 54.4 Å². The number of halogens is 1. The Bertz CT molecular complexity index is 110. The quantitative estimate of drug-likeness (QED) is 0.338. The van der Waals surface area contributed by atoms with Crippen molar-refractivity contribution >= 4 is 35.4 Å². The Labute approximate surface area is 56.0 Å². The zero-order valence-electron chi connectivity index (χ0n) is 3.67. The molecule has 0 aliphatic carbocycles. The molecule has 0 aliphatic heterocycles. The van der Waals surface area contributed by atoms with Crippen LogP contribution < -0.4 is 0 Å². The molecule has 0 aromatic rings. The number of carboxylic acids is 1. The van der Waals surface area contributed by atoms with E-state index in [1.807, 2.05) is 0 Å². The van der Waals surface area contributed by atoms with Gasteiger partial charge in [-0.2, -0.15) is 12.6 Å².